The number of methoxy groups -OCH3 is 1. The maximum Gasteiger partial charge on any atom is 0.315 e. The van der Waals surface area contributed by atoms with Crippen LogP contribution in [0, 0.1) is 10.8 Å². The lowest BCUT2D eigenvalue weighted by Crippen LogP contribution is -2.20. The summed E-state index contributed by atoms with van der Waals surface area (Å²) < 4.78 is 4.58. The molecule has 1 aromatic carbocycles. The third kappa shape index (κ3) is 3.41. The molecule has 0 saturated heterocycles. The number of phenols is 1. The second-order valence-electron chi connectivity index (χ2n) is 5.26. The third-order valence-electron chi connectivity index (χ3n) is 4.13. The molecule has 1 aliphatic carbocycles. The van der Waals surface area contributed by atoms with Crippen LogP contribution in [0.2, 0.25) is 0 Å². The number of esters is 1. The number of rotatable bonds is 6. The lowest BCUT2D eigenvalue weighted by atomic mass is 9.87. The van der Waals surface area contributed by atoms with E-state index in [0.717, 1.165) is 0 Å². The van der Waals surface area contributed by atoms with Crippen LogP contribution in [0.3, 0.4) is 0 Å². The average molecular weight is 325 g/mol. The van der Waals surface area contributed by atoms with Crippen molar-refractivity contribution in [2.24, 2.45) is 11.1 Å². The summed E-state index contributed by atoms with van der Waals surface area (Å²) in [5.41, 5.74) is 0.695. The summed E-state index contributed by atoms with van der Waals surface area (Å²) in [5.74, 6) is -0.531. The van der Waals surface area contributed by atoms with Crippen molar-refractivity contribution in [1.82, 2.24) is 0 Å². The lowest BCUT2D eigenvalue weighted by Gasteiger charge is -2.21. The number of benzene rings is 1. The Balaban J connectivity index is 2.21. The van der Waals surface area contributed by atoms with Crippen LogP contribution in [0.5, 0.6) is 5.75 Å². The molecule has 1 fully saturated rings. The highest BCUT2D eigenvalue weighted by molar-refractivity contribution is 8.00. The fourth-order valence-electron chi connectivity index (χ4n) is 2.96. The Morgan fingerprint density at radius 1 is 1.45 bits per heavy atom. The molecule has 1 aromatic rings. The summed E-state index contributed by atoms with van der Waals surface area (Å²) in [6, 6.07) is 4.90. The molecule has 22 heavy (non-hydrogen) atoms. The topological polar surface area (TPSA) is 96.2 Å². The molecule has 2 N–H and O–H groups in total. The minimum atomic E-state index is -0.416. The number of ether oxygens (including phenoxy) is 1. The molecule has 3 atom stereocenters. The number of phenolic OH excluding ortho intramolecular Hbond substituents is 1. The van der Waals surface area contributed by atoms with E-state index in [0.29, 0.717) is 23.3 Å². The molecular formula is C15H19NO5S. The van der Waals surface area contributed by atoms with Crippen LogP contribution in [-0.4, -0.2) is 41.7 Å². The average Bonchev–Trinajstić information content (AvgIpc) is 2.96. The fourth-order valence-corrected chi connectivity index (χ4v) is 3.78. The van der Waals surface area contributed by atoms with Crippen molar-refractivity contribution in [2.75, 3.05) is 19.5 Å². The maximum absolute atomic E-state index is 11.2. The molecule has 0 amide bonds. The van der Waals surface area contributed by atoms with Crippen LogP contribution in [0.4, 0.5) is 0 Å². The SMILES string of the molecule is COC(=O)CSc1cccc([C@H]2CC[C@@H](N=O)C2CO)c1O. The number of thioether (sulfide) groups is 1. The van der Waals surface area contributed by atoms with Crippen LogP contribution < -0.4 is 0 Å². The molecule has 0 heterocycles. The van der Waals surface area contributed by atoms with Crippen molar-refractivity contribution in [3.05, 3.63) is 28.7 Å². The summed E-state index contributed by atoms with van der Waals surface area (Å²) in [5, 5.41) is 23.0. The van der Waals surface area contributed by atoms with E-state index in [1.54, 1.807) is 18.2 Å². The molecule has 0 aromatic heterocycles. The molecule has 1 unspecified atom stereocenters. The zero-order chi connectivity index (χ0) is 16.1. The van der Waals surface area contributed by atoms with Crippen LogP contribution in [0.25, 0.3) is 0 Å². The molecule has 1 aliphatic rings. The molecule has 6 nitrogen and oxygen atoms in total. The molecule has 0 spiro atoms. The summed E-state index contributed by atoms with van der Waals surface area (Å²) in [6.45, 7) is -0.139. The molecule has 7 heteroatoms. The molecular weight excluding hydrogens is 306 g/mol. The summed E-state index contributed by atoms with van der Waals surface area (Å²) in [7, 11) is 1.32. The Morgan fingerprint density at radius 3 is 2.86 bits per heavy atom. The number of hydrogen-bond donors (Lipinski definition) is 2. The summed E-state index contributed by atoms with van der Waals surface area (Å²) in [6.07, 6.45) is 1.30. The number of nitroso groups, excluding NO2 is 1. The van der Waals surface area contributed by atoms with Gasteiger partial charge < -0.3 is 14.9 Å². The molecule has 2 rings (SSSR count). The van der Waals surface area contributed by atoms with E-state index in [4.69, 9.17) is 0 Å². The number of para-hydroxylation sites is 1. The van der Waals surface area contributed by atoms with E-state index in [-0.39, 0.29) is 35.9 Å². The van der Waals surface area contributed by atoms with Gasteiger partial charge in [0, 0.05) is 17.4 Å². The minimum absolute atomic E-state index is 0.103. The second kappa shape index (κ2) is 7.60. The van der Waals surface area contributed by atoms with Gasteiger partial charge in [-0.3, -0.25) is 4.79 Å². The molecule has 0 radical (unpaired) electrons. The van der Waals surface area contributed by atoms with Crippen LogP contribution >= 0.6 is 11.8 Å². The number of carbonyl (C=O) groups excluding carboxylic acids is 1. The predicted molar refractivity (Wildman–Crippen MR) is 83.0 cm³/mol. The number of aliphatic hydroxyl groups excluding tert-OH is 1. The van der Waals surface area contributed by atoms with Gasteiger partial charge in [-0.1, -0.05) is 17.3 Å². The van der Waals surface area contributed by atoms with Gasteiger partial charge in [0.2, 0.25) is 0 Å². The highest BCUT2D eigenvalue weighted by Crippen LogP contribution is 2.46. The van der Waals surface area contributed by atoms with Gasteiger partial charge >= 0.3 is 5.97 Å². The fraction of sp³-hybridized carbons (Fsp3) is 0.533. The van der Waals surface area contributed by atoms with Gasteiger partial charge in [0.05, 0.1) is 18.9 Å². The first kappa shape index (κ1) is 16.8. The highest BCUT2D eigenvalue weighted by Gasteiger charge is 2.38. The van der Waals surface area contributed by atoms with Crippen molar-refractivity contribution in [3.8, 4) is 5.75 Å². The maximum atomic E-state index is 11.2. The van der Waals surface area contributed by atoms with Crippen molar-refractivity contribution in [2.45, 2.75) is 29.7 Å². The summed E-state index contributed by atoms with van der Waals surface area (Å²) >= 11 is 1.20. The number of nitrogens with zero attached hydrogens (tertiary/aromatic N) is 1. The van der Waals surface area contributed by atoms with Gasteiger partial charge in [-0.2, -0.15) is 4.91 Å². The van der Waals surface area contributed by atoms with Crippen LogP contribution in [0.15, 0.2) is 28.3 Å². The normalized spacial score (nSPS) is 24.2. The first-order valence-electron chi connectivity index (χ1n) is 7.07. The van der Waals surface area contributed by atoms with Gasteiger partial charge in [-0.15, -0.1) is 11.8 Å². The number of aromatic hydroxyl groups is 1. The van der Waals surface area contributed by atoms with E-state index in [2.05, 4.69) is 9.91 Å². The Bertz CT molecular complexity index is 551. The molecule has 120 valence electrons. The van der Waals surface area contributed by atoms with Gasteiger partial charge in [0.1, 0.15) is 5.75 Å². The van der Waals surface area contributed by atoms with E-state index in [9.17, 15) is 19.9 Å². The van der Waals surface area contributed by atoms with E-state index in [1.165, 1.54) is 18.9 Å². The quantitative estimate of drug-likeness (QED) is 0.473. The van der Waals surface area contributed by atoms with Crippen molar-refractivity contribution in [1.29, 1.82) is 0 Å². The Morgan fingerprint density at radius 2 is 2.23 bits per heavy atom. The largest absolute Gasteiger partial charge is 0.506 e. The zero-order valence-electron chi connectivity index (χ0n) is 12.3. The number of hydrogen-bond acceptors (Lipinski definition) is 7. The van der Waals surface area contributed by atoms with Gasteiger partial charge in [0.15, 0.2) is 0 Å². The summed E-state index contributed by atoms with van der Waals surface area (Å²) in [4.78, 5) is 22.6. The highest BCUT2D eigenvalue weighted by atomic mass is 32.2. The smallest absolute Gasteiger partial charge is 0.315 e. The van der Waals surface area contributed by atoms with Crippen molar-refractivity contribution < 1.29 is 19.7 Å². The Hall–Kier alpha value is -1.60. The monoisotopic (exact) mass is 325 g/mol. The lowest BCUT2D eigenvalue weighted by molar-refractivity contribution is -0.137. The van der Waals surface area contributed by atoms with E-state index < -0.39 is 6.04 Å². The molecule has 1 saturated carbocycles. The van der Waals surface area contributed by atoms with Crippen molar-refractivity contribution in [3.63, 3.8) is 0 Å². The minimum Gasteiger partial charge on any atom is -0.506 e. The second-order valence-corrected chi connectivity index (χ2v) is 6.28. The van der Waals surface area contributed by atoms with E-state index in [1.807, 2.05) is 0 Å². The van der Waals surface area contributed by atoms with Gasteiger partial charge in [-0.25, -0.2) is 0 Å². The van der Waals surface area contributed by atoms with Crippen LogP contribution in [-0.2, 0) is 9.53 Å². The third-order valence-corrected chi connectivity index (χ3v) is 5.15. The first-order chi connectivity index (χ1) is 10.6. The van der Waals surface area contributed by atoms with E-state index >= 15 is 0 Å². The number of aliphatic hydroxyl groups is 1. The number of carbonyl (C=O) groups is 1. The zero-order valence-corrected chi connectivity index (χ0v) is 13.1. The Labute approximate surface area is 132 Å². The Kier molecular flexibility index (Phi) is 5.79. The molecule has 0 bridgehead atoms. The van der Waals surface area contributed by atoms with Gasteiger partial charge in [-0.05, 0) is 30.4 Å². The first-order valence-corrected chi connectivity index (χ1v) is 8.05. The predicted octanol–water partition coefficient (Wildman–Crippen LogP) is 2.28. The van der Waals surface area contributed by atoms with Crippen molar-refractivity contribution >= 4 is 17.7 Å². The standard InChI is InChI=1S/C15H19NO5S/c1-21-14(18)8-22-13-4-2-3-10(15(13)19)9-5-6-12(16-20)11(9)7-17/h2-4,9,11-12,17,19H,5-8H2,1H3/t9-,11?,12-/m1/s1. The van der Waals surface area contributed by atoms with Gasteiger partial charge in [0.25, 0.3) is 0 Å². The van der Waals surface area contributed by atoms with Crippen LogP contribution in [0.1, 0.15) is 24.3 Å². The molecule has 0 aliphatic heterocycles.